The predicted molar refractivity (Wildman–Crippen MR) is 71.4 cm³/mol. The maximum Gasteiger partial charge on any atom is 0.234 e. The van der Waals surface area contributed by atoms with Crippen molar-refractivity contribution in [2.75, 3.05) is 26.0 Å². The number of rotatable bonds is 5. The first-order valence-corrected chi connectivity index (χ1v) is 5.33. The van der Waals surface area contributed by atoms with E-state index >= 15 is 0 Å². The van der Waals surface area contributed by atoms with Crippen LogP contribution in [0.3, 0.4) is 0 Å². The van der Waals surface area contributed by atoms with Gasteiger partial charge in [-0.2, -0.15) is 0 Å². The van der Waals surface area contributed by atoms with E-state index in [1.807, 2.05) is 43.3 Å². The van der Waals surface area contributed by atoms with Crippen molar-refractivity contribution < 1.29 is 9.89 Å². The van der Waals surface area contributed by atoms with Gasteiger partial charge in [0.15, 0.2) is 13.8 Å². The molecule has 0 aliphatic rings. The van der Waals surface area contributed by atoms with Gasteiger partial charge < -0.3 is 4.90 Å². The highest BCUT2D eigenvalue weighted by Gasteiger charge is 2.09. The first-order valence-electron chi connectivity index (χ1n) is 5.33. The van der Waals surface area contributed by atoms with Crippen molar-refractivity contribution in [1.29, 1.82) is 0 Å². The van der Waals surface area contributed by atoms with Crippen molar-refractivity contribution in [3.8, 4) is 0 Å². The number of hydrazone groups is 1. The Morgan fingerprint density at radius 3 is 2.28 bits per heavy atom. The van der Waals surface area contributed by atoms with Crippen LogP contribution in [0.25, 0.3) is 0 Å². The third-order valence-electron chi connectivity index (χ3n) is 2.20. The average Bonchev–Trinajstić information content (AvgIpc) is 2.35. The first-order chi connectivity index (χ1) is 8.41. The molecule has 1 aromatic carbocycles. The summed E-state index contributed by atoms with van der Waals surface area (Å²) in [5, 5.41) is 17.9. The zero-order chi connectivity index (χ0) is 13.7. The van der Waals surface area contributed by atoms with Crippen molar-refractivity contribution in [1.82, 2.24) is 5.17 Å². The maximum atomic E-state index is 9.43. The molecule has 6 nitrogen and oxygen atoms in total. The summed E-state index contributed by atoms with van der Waals surface area (Å²) in [6, 6.07) is 7.53. The second kappa shape index (κ2) is 5.92. The van der Waals surface area contributed by atoms with E-state index in [1.165, 1.54) is 4.68 Å². The second-order valence-corrected chi connectivity index (χ2v) is 3.97. The highest BCUT2D eigenvalue weighted by Crippen LogP contribution is 2.19. The van der Waals surface area contributed by atoms with Crippen LogP contribution in [0.1, 0.15) is 0 Å². The first kappa shape index (κ1) is 13.9. The molecule has 1 aromatic rings. The van der Waals surface area contributed by atoms with E-state index in [2.05, 4.69) is 23.5 Å². The molecule has 0 radical (unpaired) electrons. The Morgan fingerprint density at radius 2 is 1.83 bits per heavy atom. The van der Waals surface area contributed by atoms with Crippen LogP contribution < -0.4 is 4.90 Å². The lowest BCUT2D eigenvalue weighted by atomic mass is 10.3. The van der Waals surface area contributed by atoms with Crippen LogP contribution in [-0.4, -0.2) is 42.9 Å². The third-order valence-corrected chi connectivity index (χ3v) is 2.20. The summed E-state index contributed by atoms with van der Waals surface area (Å²) in [6.07, 6.45) is 0. The van der Waals surface area contributed by atoms with E-state index < -0.39 is 0 Å². The Bertz CT molecular complexity index is 464. The van der Waals surface area contributed by atoms with Gasteiger partial charge in [-0.25, -0.2) is 5.21 Å². The van der Waals surface area contributed by atoms with Crippen LogP contribution in [0.2, 0.25) is 0 Å². The summed E-state index contributed by atoms with van der Waals surface area (Å²) in [4.78, 5) is 1.99. The molecular formula is C12H18N5O+. The van der Waals surface area contributed by atoms with Crippen LogP contribution in [0, 0.1) is 0 Å². The van der Waals surface area contributed by atoms with Gasteiger partial charge in [0.05, 0.1) is 5.69 Å². The molecule has 0 amide bonds. The number of anilines is 1. The van der Waals surface area contributed by atoms with Gasteiger partial charge in [-0.3, -0.25) is 0 Å². The van der Waals surface area contributed by atoms with Gasteiger partial charge in [-0.05, 0) is 36.0 Å². The van der Waals surface area contributed by atoms with Crippen molar-refractivity contribution in [3.05, 3.63) is 36.7 Å². The van der Waals surface area contributed by atoms with E-state index in [9.17, 15) is 5.21 Å². The summed E-state index contributed by atoms with van der Waals surface area (Å²) in [6.45, 7) is 7.05. The van der Waals surface area contributed by atoms with E-state index in [4.69, 9.17) is 0 Å². The number of benzene rings is 1. The molecule has 96 valence electrons. The van der Waals surface area contributed by atoms with Crippen molar-refractivity contribution in [2.24, 2.45) is 10.2 Å². The van der Waals surface area contributed by atoms with Crippen LogP contribution in [-0.2, 0) is 0 Å². The van der Waals surface area contributed by atoms with E-state index in [0.29, 0.717) is 10.9 Å². The number of hydrazine groups is 1. The van der Waals surface area contributed by atoms with Crippen molar-refractivity contribution in [3.63, 3.8) is 0 Å². The SMILES string of the molecule is C=C(N=Nc1ccc(N(C)C)cc1)N(O)[N+](=C)C. The van der Waals surface area contributed by atoms with Gasteiger partial charge in [-0.15, -0.1) is 10.2 Å². The highest BCUT2D eigenvalue weighted by atomic mass is 16.5. The summed E-state index contributed by atoms with van der Waals surface area (Å²) in [5.41, 5.74) is 1.76. The van der Waals surface area contributed by atoms with Crippen molar-refractivity contribution in [2.45, 2.75) is 0 Å². The van der Waals surface area contributed by atoms with Gasteiger partial charge >= 0.3 is 0 Å². The number of hydrogen-bond donors (Lipinski definition) is 1. The minimum Gasteiger partial charge on any atom is -0.378 e. The smallest absolute Gasteiger partial charge is 0.234 e. The van der Waals surface area contributed by atoms with E-state index in [1.54, 1.807) is 7.05 Å². The summed E-state index contributed by atoms with van der Waals surface area (Å²) >= 11 is 0. The normalized spacial score (nSPS) is 10.4. The van der Waals surface area contributed by atoms with Crippen LogP contribution in [0.5, 0.6) is 0 Å². The topological polar surface area (TPSA) is 54.4 Å². The Hall–Kier alpha value is -2.21. The molecule has 0 aromatic heterocycles. The second-order valence-electron chi connectivity index (χ2n) is 3.97. The van der Waals surface area contributed by atoms with Gasteiger partial charge in [0.25, 0.3) is 0 Å². The molecule has 0 bridgehead atoms. The Morgan fingerprint density at radius 1 is 1.28 bits per heavy atom. The minimum absolute atomic E-state index is 0.0872. The Labute approximate surface area is 107 Å². The Kier molecular flexibility index (Phi) is 4.56. The molecule has 18 heavy (non-hydrogen) atoms. The molecule has 0 aliphatic carbocycles. The molecule has 0 fully saturated rings. The van der Waals surface area contributed by atoms with Gasteiger partial charge in [0.2, 0.25) is 5.82 Å². The molecule has 1 rings (SSSR count). The number of nitrogens with zero attached hydrogens (tertiary/aromatic N) is 5. The fraction of sp³-hybridized carbons (Fsp3) is 0.250. The Balaban J connectivity index is 2.73. The third kappa shape index (κ3) is 3.67. The monoisotopic (exact) mass is 248 g/mol. The molecule has 1 N–H and O–H groups in total. The largest absolute Gasteiger partial charge is 0.378 e. The lowest BCUT2D eigenvalue weighted by Gasteiger charge is -2.11. The standard InChI is InChI=1S/C12H18N5O/c1-10(17(18)16(4)5)13-14-11-6-8-12(9-7-11)15(2)3/h6-9,18H,1,4H2,2-3,5H3/q+1. The zero-order valence-electron chi connectivity index (χ0n) is 10.9. The number of azo groups is 1. The molecular weight excluding hydrogens is 230 g/mol. The highest BCUT2D eigenvalue weighted by molar-refractivity contribution is 5.51. The molecule has 0 unspecified atom stereocenters. The molecule has 0 heterocycles. The van der Waals surface area contributed by atoms with Gasteiger partial charge in [0.1, 0.15) is 0 Å². The van der Waals surface area contributed by atoms with Crippen LogP contribution in [0.4, 0.5) is 11.4 Å². The molecule has 0 saturated carbocycles. The summed E-state index contributed by atoms with van der Waals surface area (Å²) in [5.74, 6) is 0.0872. The molecule has 0 saturated heterocycles. The molecule has 0 aliphatic heterocycles. The predicted octanol–water partition coefficient (Wildman–Crippen LogP) is 2.26. The summed E-state index contributed by atoms with van der Waals surface area (Å²) in [7, 11) is 5.49. The van der Waals surface area contributed by atoms with Crippen molar-refractivity contribution >= 4 is 18.1 Å². The fourth-order valence-electron chi connectivity index (χ4n) is 1.17. The maximum absolute atomic E-state index is 9.43. The van der Waals surface area contributed by atoms with E-state index in [-0.39, 0.29) is 5.82 Å². The average molecular weight is 248 g/mol. The fourth-order valence-corrected chi connectivity index (χ4v) is 1.17. The lowest BCUT2D eigenvalue weighted by molar-refractivity contribution is -0.721. The van der Waals surface area contributed by atoms with Crippen LogP contribution >= 0.6 is 0 Å². The minimum atomic E-state index is 0.0872. The van der Waals surface area contributed by atoms with Gasteiger partial charge in [0, 0.05) is 19.8 Å². The molecule has 6 heteroatoms. The number of hydrogen-bond acceptors (Lipinski definition) is 5. The van der Waals surface area contributed by atoms with E-state index in [0.717, 1.165) is 5.69 Å². The quantitative estimate of drug-likeness (QED) is 0.376. The van der Waals surface area contributed by atoms with Crippen LogP contribution in [0.15, 0.2) is 46.9 Å². The summed E-state index contributed by atoms with van der Waals surface area (Å²) < 4.78 is 1.19. The number of hydroxylamine groups is 1. The lowest BCUT2D eigenvalue weighted by Crippen LogP contribution is -2.25. The molecule has 0 atom stereocenters. The van der Waals surface area contributed by atoms with Gasteiger partial charge in [-0.1, -0.05) is 4.68 Å². The molecule has 0 spiro atoms. The zero-order valence-corrected chi connectivity index (χ0v) is 10.9.